The van der Waals surface area contributed by atoms with E-state index < -0.39 is 37.3 Å². The Labute approximate surface area is 234 Å². The van der Waals surface area contributed by atoms with Crippen molar-refractivity contribution in [3.63, 3.8) is 0 Å². The van der Waals surface area contributed by atoms with Crippen molar-refractivity contribution >= 4 is 36.9 Å². The van der Waals surface area contributed by atoms with Gasteiger partial charge in [-0.2, -0.15) is 4.31 Å². The molecule has 11 nitrogen and oxygen atoms in total. The van der Waals surface area contributed by atoms with Crippen LogP contribution in [0.5, 0.6) is 5.75 Å². The van der Waals surface area contributed by atoms with Crippen LogP contribution in [0.15, 0.2) is 59.5 Å². The number of hydrogen-bond acceptors (Lipinski definition) is 8. The van der Waals surface area contributed by atoms with Crippen molar-refractivity contribution < 1.29 is 31.5 Å². The number of nitrogens with zero attached hydrogens (tertiary/aromatic N) is 3. The molecule has 13 heteroatoms. The predicted octanol–water partition coefficient (Wildman–Crippen LogP) is 2.21. The number of carboxylic acids is 1. The zero-order valence-corrected chi connectivity index (χ0v) is 24.3. The minimum atomic E-state index is -4.00. The smallest absolute Gasteiger partial charge is 0.322 e. The molecule has 1 aliphatic rings. The zero-order chi connectivity index (χ0) is 29.1. The Bertz CT molecular complexity index is 1570. The summed E-state index contributed by atoms with van der Waals surface area (Å²) in [5.41, 5.74) is 2.70. The van der Waals surface area contributed by atoms with E-state index in [2.05, 4.69) is 9.71 Å². The van der Waals surface area contributed by atoms with E-state index in [9.17, 15) is 26.7 Å². The maximum Gasteiger partial charge on any atom is 0.322 e. The van der Waals surface area contributed by atoms with Gasteiger partial charge in [0, 0.05) is 49.4 Å². The average molecular weight is 591 g/mol. The molecule has 2 aromatic carbocycles. The maximum atomic E-state index is 12.9. The first-order valence-corrected chi connectivity index (χ1v) is 15.9. The number of rotatable bonds is 11. The molecule has 1 fully saturated rings. The van der Waals surface area contributed by atoms with Crippen LogP contribution in [0.1, 0.15) is 25.1 Å². The van der Waals surface area contributed by atoms with Crippen LogP contribution in [-0.2, 0) is 31.4 Å². The summed E-state index contributed by atoms with van der Waals surface area (Å²) in [6.45, 7) is 5.68. The van der Waals surface area contributed by atoms with Gasteiger partial charge in [-0.3, -0.25) is 14.7 Å². The van der Waals surface area contributed by atoms with Crippen molar-refractivity contribution in [3.8, 4) is 5.75 Å². The van der Waals surface area contributed by atoms with E-state index in [4.69, 9.17) is 4.74 Å². The van der Waals surface area contributed by atoms with Crippen molar-refractivity contribution in [1.82, 2.24) is 18.9 Å². The summed E-state index contributed by atoms with van der Waals surface area (Å²) in [6.07, 6.45) is 0. The quantitative estimate of drug-likeness (QED) is 0.343. The standard InChI is InChI=1S/C27H34N4O7S2/c1-19(2)40(36,37)31-14-12-30(13-15-31)26(27(32)33)17-28-39(34,35)23-10-8-22(9-11-23)38-18-21-16-20(3)29-25-7-5-4-6-24(21)25/h4-11,16,19,26,28H,12-15,17-18H2,1-3H3,(H,32,33). The number of fused-ring (bicyclic) bond motifs is 1. The molecule has 0 spiro atoms. The van der Waals surface area contributed by atoms with Crippen molar-refractivity contribution in [3.05, 3.63) is 65.9 Å². The van der Waals surface area contributed by atoms with E-state index in [0.29, 0.717) is 5.75 Å². The molecule has 1 saturated heterocycles. The highest BCUT2D eigenvalue weighted by atomic mass is 32.2. The molecule has 0 saturated carbocycles. The molecule has 0 aliphatic carbocycles. The fraction of sp³-hybridized carbons (Fsp3) is 0.407. The average Bonchev–Trinajstić information content (AvgIpc) is 2.92. The summed E-state index contributed by atoms with van der Waals surface area (Å²) in [7, 11) is -7.44. The minimum Gasteiger partial charge on any atom is -0.489 e. The van der Waals surface area contributed by atoms with Gasteiger partial charge in [0.1, 0.15) is 18.4 Å². The van der Waals surface area contributed by atoms with Crippen molar-refractivity contribution in [2.45, 2.75) is 43.6 Å². The van der Waals surface area contributed by atoms with Gasteiger partial charge >= 0.3 is 5.97 Å². The number of nitrogens with one attached hydrogen (secondary N) is 1. The third-order valence-corrected chi connectivity index (χ3v) is 10.6. The number of piperazine rings is 1. The zero-order valence-electron chi connectivity index (χ0n) is 22.6. The van der Waals surface area contributed by atoms with E-state index in [1.54, 1.807) is 30.9 Å². The number of ether oxygens (including phenoxy) is 1. The number of sulfonamides is 2. The first kappa shape index (κ1) is 29.9. The van der Waals surface area contributed by atoms with Crippen LogP contribution < -0.4 is 9.46 Å². The van der Waals surface area contributed by atoms with Crippen LogP contribution >= 0.6 is 0 Å². The van der Waals surface area contributed by atoms with Gasteiger partial charge in [-0.1, -0.05) is 18.2 Å². The van der Waals surface area contributed by atoms with Gasteiger partial charge in [-0.05, 0) is 57.2 Å². The van der Waals surface area contributed by atoms with E-state index in [0.717, 1.165) is 22.2 Å². The summed E-state index contributed by atoms with van der Waals surface area (Å²) < 4.78 is 60.3. The van der Waals surface area contributed by atoms with Crippen LogP contribution in [-0.4, -0.2) is 86.1 Å². The van der Waals surface area contributed by atoms with Gasteiger partial charge in [-0.15, -0.1) is 0 Å². The fourth-order valence-corrected chi connectivity index (χ4v) is 6.91. The molecule has 2 heterocycles. The van der Waals surface area contributed by atoms with E-state index in [1.165, 1.54) is 16.4 Å². The molecule has 40 heavy (non-hydrogen) atoms. The second-order valence-corrected chi connectivity index (χ2v) is 14.2. The molecule has 1 aromatic heterocycles. The first-order chi connectivity index (χ1) is 18.9. The molecule has 0 bridgehead atoms. The number of carbonyl (C=O) groups is 1. The Balaban J connectivity index is 1.36. The number of pyridine rings is 1. The predicted molar refractivity (Wildman–Crippen MR) is 151 cm³/mol. The minimum absolute atomic E-state index is 0.0259. The molecule has 0 amide bonds. The lowest BCUT2D eigenvalue weighted by molar-refractivity contribution is -0.143. The molecule has 0 radical (unpaired) electrons. The third kappa shape index (κ3) is 6.78. The molecule has 3 aromatic rings. The van der Waals surface area contributed by atoms with Crippen LogP contribution in [0, 0.1) is 6.92 Å². The Morgan fingerprint density at radius 2 is 1.68 bits per heavy atom. The second kappa shape index (κ2) is 12.2. The lowest BCUT2D eigenvalue weighted by atomic mass is 10.1. The van der Waals surface area contributed by atoms with E-state index >= 15 is 0 Å². The second-order valence-electron chi connectivity index (χ2n) is 9.93. The van der Waals surface area contributed by atoms with Crippen molar-refractivity contribution in [2.24, 2.45) is 0 Å². The van der Waals surface area contributed by atoms with Gasteiger partial charge in [0.25, 0.3) is 0 Å². The Morgan fingerprint density at radius 3 is 2.30 bits per heavy atom. The number of aryl methyl sites for hydroxylation is 1. The molecule has 1 atom stereocenters. The molecular formula is C27H34N4O7S2. The summed E-state index contributed by atoms with van der Waals surface area (Å²) in [4.78, 5) is 18.0. The summed E-state index contributed by atoms with van der Waals surface area (Å²) in [5, 5.41) is 10.2. The SMILES string of the molecule is Cc1cc(COc2ccc(S(=O)(=O)NCC(C(=O)O)N3CCN(S(=O)(=O)C(C)C)CC3)cc2)c2ccccc2n1. The van der Waals surface area contributed by atoms with Crippen LogP contribution in [0.4, 0.5) is 0 Å². The van der Waals surface area contributed by atoms with Crippen LogP contribution in [0.25, 0.3) is 10.9 Å². The Morgan fingerprint density at radius 1 is 1.02 bits per heavy atom. The van der Waals surface area contributed by atoms with Crippen molar-refractivity contribution in [2.75, 3.05) is 32.7 Å². The number of hydrogen-bond donors (Lipinski definition) is 2. The van der Waals surface area contributed by atoms with E-state index in [-0.39, 0.29) is 44.2 Å². The molecule has 216 valence electrons. The molecule has 1 unspecified atom stereocenters. The summed E-state index contributed by atoms with van der Waals surface area (Å²) in [5.74, 6) is -0.708. The van der Waals surface area contributed by atoms with Crippen molar-refractivity contribution in [1.29, 1.82) is 0 Å². The highest BCUT2D eigenvalue weighted by Gasteiger charge is 2.34. The van der Waals surface area contributed by atoms with Gasteiger partial charge in [0.05, 0.1) is 15.7 Å². The van der Waals surface area contributed by atoms with Gasteiger partial charge in [0.2, 0.25) is 20.0 Å². The van der Waals surface area contributed by atoms with Crippen LogP contribution in [0.2, 0.25) is 0 Å². The molecule has 4 rings (SSSR count). The van der Waals surface area contributed by atoms with Gasteiger partial charge < -0.3 is 9.84 Å². The maximum absolute atomic E-state index is 12.9. The fourth-order valence-electron chi connectivity index (χ4n) is 4.60. The van der Waals surface area contributed by atoms with Crippen LogP contribution in [0.3, 0.4) is 0 Å². The Hall–Kier alpha value is -3.10. The summed E-state index contributed by atoms with van der Waals surface area (Å²) >= 11 is 0. The molecule has 2 N–H and O–H groups in total. The number of carboxylic acid groups (broad SMARTS) is 1. The highest BCUT2D eigenvalue weighted by Crippen LogP contribution is 2.22. The molecule has 1 aliphatic heterocycles. The van der Waals surface area contributed by atoms with Gasteiger partial charge in [-0.25, -0.2) is 21.6 Å². The third-order valence-electron chi connectivity index (χ3n) is 6.88. The van der Waals surface area contributed by atoms with Gasteiger partial charge in [0.15, 0.2) is 0 Å². The number of aliphatic carboxylic acids is 1. The number of aromatic nitrogens is 1. The topological polar surface area (TPSA) is 146 Å². The van der Waals surface area contributed by atoms with E-state index in [1.807, 2.05) is 37.3 Å². The summed E-state index contributed by atoms with van der Waals surface area (Å²) in [6, 6.07) is 14.5. The largest absolute Gasteiger partial charge is 0.489 e. The highest BCUT2D eigenvalue weighted by molar-refractivity contribution is 7.89. The molecular weight excluding hydrogens is 556 g/mol. The number of benzene rings is 2. The normalized spacial score (nSPS) is 16.3. The Kier molecular flexibility index (Phi) is 9.10. The lowest BCUT2D eigenvalue weighted by Gasteiger charge is -2.37. The first-order valence-electron chi connectivity index (χ1n) is 12.9. The monoisotopic (exact) mass is 590 g/mol. The number of para-hydroxylation sites is 1. The lowest BCUT2D eigenvalue weighted by Crippen LogP contribution is -2.57.